The summed E-state index contributed by atoms with van der Waals surface area (Å²) < 4.78 is 13.7. The third kappa shape index (κ3) is 5.42. The highest BCUT2D eigenvalue weighted by atomic mass is 19.1. The molecule has 0 radical (unpaired) electrons. The second-order valence-electron chi connectivity index (χ2n) is 10.9. The van der Waals surface area contributed by atoms with E-state index in [4.69, 9.17) is 0 Å². The molecule has 0 spiro atoms. The number of amides is 1. The lowest BCUT2D eigenvalue weighted by atomic mass is 9.74. The number of rotatable bonds is 8. The van der Waals surface area contributed by atoms with Gasteiger partial charge in [0, 0.05) is 30.2 Å². The number of benzene rings is 1. The number of aromatic nitrogens is 2. The Morgan fingerprint density at radius 2 is 1.66 bits per heavy atom. The van der Waals surface area contributed by atoms with E-state index < -0.39 is 0 Å². The van der Waals surface area contributed by atoms with Gasteiger partial charge in [0.2, 0.25) is 0 Å². The van der Waals surface area contributed by atoms with Gasteiger partial charge in [-0.05, 0) is 62.1 Å². The van der Waals surface area contributed by atoms with Crippen LogP contribution in [-0.4, -0.2) is 34.5 Å². The second kappa shape index (κ2) is 11.2. The zero-order chi connectivity index (χ0) is 24.1. The Hall–Kier alpha value is -2.34. The maximum Gasteiger partial charge on any atom is 0.254 e. The standard InChI is InChI=1S/C29H39FN4O/c30-23-14-12-22(13-15-23)29(16-6-7-17-29)27-25(18-31-20-33-27)28(35)32-19-26(21-8-2-1-3-9-21)34-24-10-4-5-11-24/h12-15,18,20-21,24,26,34H,1-11,16-17,19H2,(H,32,35). The van der Waals surface area contributed by atoms with Crippen LogP contribution in [0.1, 0.15) is 105 Å². The van der Waals surface area contributed by atoms with Crippen molar-refractivity contribution in [1.82, 2.24) is 20.6 Å². The van der Waals surface area contributed by atoms with Crippen molar-refractivity contribution >= 4 is 5.91 Å². The van der Waals surface area contributed by atoms with Crippen LogP contribution in [-0.2, 0) is 5.41 Å². The summed E-state index contributed by atoms with van der Waals surface area (Å²) in [6.07, 6.45) is 18.6. The van der Waals surface area contributed by atoms with Crippen LogP contribution < -0.4 is 10.6 Å². The van der Waals surface area contributed by atoms with Gasteiger partial charge in [-0.15, -0.1) is 0 Å². The lowest BCUT2D eigenvalue weighted by Crippen LogP contribution is -2.49. The van der Waals surface area contributed by atoms with Gasteiger partial charge < -0.3 is 10.6 Å². The summed E-state index contributed by atoms with van der Waals surface area (Å²) in [6, 6.07) is 7.63. The number of carbonyl (C=O) groups excluding carboxylic acids is 1. The third-order valence-electron chi connectivity index (χ3n) is 8.77. The highest BCUT2D eigenvalue weighted by Gasteiger charge is 2.41. The van der Waals surface area contributed by atoms with E-state index >= 15 is 0 Å². The number of carbonyl (C=O) groups is 1. The molecule has 1 atom stereocenters. The summed E-state index contributed by atoms with van der Waals surface area (Å²) in [5, 5.41) is 7.19. The average molecular weight is 479 g/mol. The van der Waals surface area contributed by atoms with Gasteiger partial charge in [-0.25, -0.2) is 14.4 Å². The minimum Gasteiger partial charge on any atom is -0.350 e. The van der Waals surface area contributed by atoms with Gasteiger partial charge >= 0.3 is 0 Å². The van der Waals surface area contributed by atoms with Crippen molar-refractivity contribution in [3.63, 3.8) is 0 Å². The van der Waals surface area contributed by atoms with E-state index in [1.165, 1.54) is 69.9 Å². The monoisotopic (exact) mass is 478 g/mol. The quantitative estimate of drug-likeness (QED) is 0.512. The third-order valence-corrected chi connectivity index (χ3v) is 8.77. The van der Waals surface area contributed by atoms with Crippen molar-refractivity contribution in [3.8, 4) is 0 Å². The summed E-state index contributed by atoms with van der Waals surface area (Å²) in [4.78, 5) is 22.5. The molecular weight excluding hydrogens is 439 g/mol. The summed E-state index contributed by atoms with van der Waals surface area (Å²) in [6.45, 7) is 0.637. The summed E-state index contributed by atoms with van der Waals surface area (Å²) in [5.41, 5.74) is 2.01. The van der Waals surface area contributed by atoms with Gasteiger partial charge in [-0.3, -0.25) is 4.79 Å². The smallest absolute Gasteiger partial charge is 0.254 e. The minimum atomic E-state index is -0.367. The molecule has 35 heavy (non-hydrogen) atoms. The molecule has 3 fully saturated rings. The van der Waals surface area contributed by atoms with Crippen molar-refractivity contribution in [3.05, 3.63) is 59.4 Å². The average Bonchev–Trinajstić information content (AvgIpc) is 3.60. The summed E-state index contributed by atoms with van der Waals surface area (Å²) >= 11 is 0. The molecule has 3 saturated carbocycles. The van der Waals surface area contributed by atoms with Gasteiger partial charge in [-0.2, -0.15) is 0 Å². The van der Waals surface area contributed by atoms with Crippen molar-refractivity contribution < 1.29 is 9.18 Å². The van der Waals surface area contributed by atoms with Crippen LogP contribution in [0.15, 0.2) is 36.8 Å². The van der Waals surface area contributed by atoms with Crippen LogP contribution in [0.3, 0.4) is 0 Å². The topological polar surface area (TPSA) is 66.9 Å². The molecule has 1 aromatic carbocycles. The highest BCUT2D eigenvalue weighted by molar-refractivity contribution is 5.95. The molecule has 3 aliphatic carbocycles. The van der Waals surface area contributed by atoms with Crippen LogP contribution in [0.4, 0.5) is 4.39 Å². The molecule has 0 bridgehead atoms. The number of nitrogens with zero attached hydrogens (tertiary/aromatic N) is 2. The van der Waals surface area contributed by atoms with E-state index in [2.05, 4.69) is 20.6 Å². The fraction of sp³-hybridized carbons (Fsp3) is 0.621. The SMILES string of the molecule is O=C(NCC(NC1CCCC1)C1CCCCC1)c1cncnc1C1(c2ccc(F)cc2)CCCC1. The van der Waals surface area contributed by atoms with Crippen molar-refractivity contribution in [2.75, 3.05) is 6.54 Å². The predicted octanol–water partition coefficient (Wildman–Crippen LogP) is 5.69. The molecular formula is C29H39FN4O. The molecule has 188 valence electrons. The first-order valence-electron chi connectivity index (χ1n) is 13.8. The normalized spacial score (nSPS) is 21.7. The molecule has 1 aromatic heterocycles. The second-order valence-corrected chi connectivity index (χ2v) is 10.9. The van der Waals surface area contributed by atoms with E-state index in [1.807, 2.05) is 12.1 Å². The molecule has 1 amide bonds. The first-order valence-corrected chi connectivity index (χ1v) is 13.8. The van der Waals surface area contributed by atoms with Crippen LogP contribution in [0.2, 0.25) is 0 Å². The van der Waals surface area contributed by atoms with E-state index in [0.717, 1.165) is 36.9 Å². The molecule has 3 aliphatic rings. The summed E-state index contributed by atoms with van der Waals surface area (Å²) in [5.74, 6) is 0.283. The number of hydrogen-bond acceptors (Lipinski definition) is 4. The minimum absolute atomic E-state index is 0.0944. The van der Waals surface area contributed by atoms with Gasteiger partial charge in [0.25, 0.3) is 5.91 Å². The molecule has 1 unspecified atom stereocenters. The fourth-order valence-electron chi connectivity index (χ4n) is 6.88. The van der Waals surface area contributed by atoms with Gasteiger partial charge in [0.05, 0.1) is 11.3 Å². The van der Waals surface area contributed by atoms with Crippen molar-refractivity contribution in [2.24, 2.45) is 5.92 Å². The molecule has 0 aliphatic heterocycles. The lowest BCUT2D eigenvalue weighted by molar-refractivity contribution is 0.0938. The van der Waals surface area contributed by atoms with E-state index in [0.29, 0.717) is 30.1 Å². The molecule has 6 heteroatoms. The Balaban J connectivity index is 1.36. The Labute approximate surface area is 208 Å². The first kappa shape index (κ1) is 24.4. The molecule has 2 N–H and O–H groups in total. The van der Waals surface area contributed by atoms with Gasteiger partial charge in [-0.1, -0.05) is 57.1 Å². The van der Waals surface area contributed by atoms with Crippen LogP contribution >= 0.6 is 0 Å². The molecule has 5 rings (SSSR count). The zero-order valence-corrected chi connectivity index (χ0v) is 20.8. The van der Waals surface area contributed by atoms with E-state index in [9.17, 15) is 9.18 Å². The van der Waals surface area contributed by atoms with Crippen LogP contribution in [0.5, 0.6) is 0 Å². The number of nitrogens with one attached hydrogen (secondary N) is 2. The fourth-order valence-corrected chi connectivity index (χ4v) is 6.88. The molecule has 1 heterocycles. The Kier molecular flexibility index (Phi) is 7.76. The zero-order valence-electron chi connectivity index (χ0n) is 20.8. The maximum absolute atomic E-state index is 13.7. The highest BCUT2D eigenvalue weighted by Crippen LogP contribution is 2.46. The largest absolute Gasteiger partial charge is 0.350 e. The summed E-state index contributed by atoms with van der Waals surface area (Å²) in [7, 11) is 0. The van der Waals surface area contributed by atoms with E-state index in [1.54, 1.807) is 12.5 Å². The van der Waals surface area contributed by atoms with Gasteiger partial charge in [0.15, 0.2) is 0 Å². The van der Waals surface area contributed by atoms with E-state index in [-0.39, 0.29) is 17.1 Å². The number of halogens is 1. The molecule has 5 nitrogen and oxygen atoms in total. The van der Waals surface area contributed by atoms with Crippen molar-refractivity contribution in [1.29, 1.82) is 0 Å². The number of hydrogen-bond donors (Lipinski definition) is 2. The van der Waals surface area contributed by atoms with Crippen LogP contribution in [0, 0.1) is 11.7 Å². The first-order chi connectivity index (χ1) is 17.2. The Morgan fingerprint density at radius 1 is 0.971 bits per heavy atom. The Morgan fingerprint density at radius 3 is 2.37 bits per heavy atom. The van der Waals surface area contributed by atoms with Crippen molar-refractivity contribution in [2.45, 2.75) is 101 Å². The maximum atomic E-state index is 13.7. The molecule has 0 saturated heterocycles. The lowest BCUT2D eigenvalue weighted by Gasteiger charge is -2.34. The Bertz CT molecular complexity index is 976. The predicted molar refractivity (Wildman–Crippen MR) is 136 cm³/mol. The van der Waals surface area contributed by atoms with Gasteiger partial charge in [0.1, 0.15) is 12.1 Å². The van der Waals surface area contributed by atoms with Crippen LogP contribution in [0.25, 0.3) is 0 Å². The molecule has 2 aromatic rings.